The van der Waals surface area contributed by atoms with Crippen LogP contribution in [0.3, 0.4) is 0 Å². The molecule has 1 amide bonds. The second-order valence-electron chi connectivity index (χ2n) is 6.55. The van der Waals surface area contributed by atoms with Gasteiger partial charge in [-0.25, -0.2) is 8.42 Å². The Labute approximate surface area is 159 Å². The van der Waals surface area contributed by atoms with Crippen molar-refractivity contribution >= 4 is 27.3 Å². The lowest BCUT2D eigenvalue weighted by atomic mass is 9.79. The Morgan fingerprint density at radius 2 is 1.70 bits per heavy atom. The number of carbonyl (C=O) groups excluding carboxylic acids is 1. The molecule has 1 heterocycles. The lowest BCUT2D eigenvalue weighted by Crippen LogP contribution is -2.46. The highest BCUT2D eigenvalue weighted by Crippen LogP contribution is 2.31. The van der Waals surface area contributed by atoms with Crippen LogP contribution in [0, 0.1) is 5.41 Å². The summed E-state index contributed by atoms with van der Waals surface area (Å²) in [6.07, 6.45) is 1.09. The van der Waals surface area contributed by atoms with Gasteiger partial charge in [0.1, 0.15) is 0 Å². The highest BCUT2D eigenvalue weighted by atomic mass is 32.2. The number of ether oxygens (including phenoxy) is 1. The van der Waals surface area contributed by atoms with Gasteiger partial charge in [-0.1, -0.05) is 24.3 Å². The van der Waals surface area contributed by atoms with Gasteiger partial charge in [-0.05, 0) is 43.2 Å². The maximum atomic E-state index is 12.8. The van der Waals surface area contributed by atoms with Crippen LogP contribution in [0.15, 0.2) is 59.5 Å². The van der Waals surface area contributed by atoms with E-state index >= 15 is 0 Å². The lowest BCUT2D eigenvalue weighted by Gasteiger charge is -2.34. The Morgan fingerprint density at radius 1 is 1.04 bits per heavy atom. The molecule has 0 radical (unpaired) electrons. The van der Waals surface area contributed by atoms with Gasteiger partial charge in [-0.3, -0.25) is 9.52 Å². The van der Waals surface area contributed by atoms with Crippen molar-refractivity contribution in [3.63, 3.8) is 0 Å². The summed E-state index contributed by atoms with van der Waals surface area (Å²) in [6.45, 7) is 1.19. The van der Waals surface area contributed by atoms with Crippen molar-refractivity contribution in [1.29, 1.82) is 0 Å². The Hall–Kier alpha value is -2.42. The van der Waals surface area contributed by atoms with Gasteiger partial charge in [0.25, 0.3) is 10.0 Å². The molecule has 3 rings (SSSR count). The van der Waals surface area contributed by atoms with Crippen LogP contribution in [0.25, 0.3) is 0 Å². The van der Waals surface area contributed by atoms with Crippen molar-refractivity contribution in [2.45, 2.75) is 17.7 Å². The van der Waals surface area contributed by atoms with E-state index in [0.717, 1.165) is 0 Å². The van der Waals surface area contributed by atoms with Gasteiger partial charge >= 0.3 is 0 Å². The van der Waals surface area contributed by atoms with E-state index in [1.165, 1.54) is 12.1 Å². The van der Waals surface area contributed by atoms with Crippen molar-refractivity contribution in [1.82, 2.24) is 0 Å². The zero-order valence-electron chi connectivity index (χ0n) is 14.9. The van der Waals surface area contributed by atoms with E-state index in [4.69, 9.17) is 10.5 Å². The molecular formula is C19H23N3O4S. The Bertz CT molecular complexity index is 894. The highest BCUT2D eigenvalue weighted by molar-refractivity contribution is 7.92. The zero-order chi connectivity index (χ0) is 19.3. The first kappa shape index (κ1) is 19.3. The first-order valence-corrected chi connectivity index (χ1v) is 10.2. The van der Waals surface area contributed by atoms with E-state index in [2.05, 4.69) is 10.0 Å². The summed E-state index contributed by atoms with van der Waals surface area (Å²) in [4.78, 5) is 12.8. The molecule has 144 valence electrons. The van der Waals surface area contributed by atoms with Gasteiger partial charge in [0.2, 0.25) is 5.91 Å². The quantitative estimate of drug-likeness (QED) is 0.701. The number of carbonyl (C=O) groups is 1. The van der Waals surface area contributed by atoms with Crippen LogP contribution in [-0.4, -0.2) is 34.1 Å². The number of sulfonamides is 1. The van der Waals surface area contributed by atoms with Crippen LogP contribution in [0.1, 0.15) is 12.8 Å². The van der Waals surface area contributed by atoms with Crippen molar-refractivity contribution in [3.8, 4) is 0 Å². The molecule has 0 saturated carbocycles. The Morgan fingerprint density at radius 3 is 2.37 bits per heavy atom. The minimum Gasteiger partial charge on any atom is -0.381 e. The van der Waals surface area contributed by atoms with Crippen LogP contribution >= 0.6 is 0 Å². The van der Waals surface area contributed by atoms with Crippen LogP contribution in [0.5, 0.6) is 0 Å². The number of nitrogens with two attached hydrogens (primary N) is 1. The topological polar surface area (TPSA) is 111 Å². The summed E-state index contributed by atoms with van der Waals surface area (Å²) in [5.74, 6) is -0.209. The third-order valence-electron chi connectivity index (χ3n) is 4.75. The van der Waals surface area contributed by atoms with E-state index < -0.39 is 15.4 Å². The smallest absolute Gasteiger partial charge is 0.261 e. The van der Waals surface area contributed by atoms with Crippen LogP contribution in [-0.2, 0) is 19.6 Å². The predicted octanol–water partition coefficient (Wildman–Crippen LogP) is 2.18. The number of rotatable bonds is 6. The van der Waals surface area contributed by atoms with Crippen LogP contribution in [0.4, 0.5) is 11.4 Å². The molecule has 0 bridgehead atoms. The van der Waals surface area contributed by atoms with Gasteiger partial charge < -0.3 is 15.8 Å². The number of anilines is 2. The van der Waals surface area contributed by atoms with E-state index in [0.29, 0.717) is 37.4 Å². The molecule has 27 heavy (non-hydrogen) atoms. The molecule has 0 spiro atoms. The Kier molecular flexibility index (Phi) is 5.79. The van der Waals surface area contributed by atoms with Gasteiger partial charge in [-0.15, -0.1) is 0 Å². The average molecular weight is 389 g/mol. The molecule has 8 heteroatoms. The number of hydrogen-bond acceptors (Lipinski definition) is 5. The molecule has 7 nitrogen and oxygen atoms in total. The zero-order valence-corrected chi connectivity index (χ0v) is 15.7. The predicted molar refractivity (Wildman–Crippen MR) is 104 cm³/mol. The first-order chi connectivity index (χ1) is 13.0. The number of nitrogens with one attached hydrogen (secondary N) is 2. The van der Waals surface area contributed by atoms with Crippen LogP contribution in [0.2, 0.25) is 0 Å². The molecule has 4 N–H and O–H groups in total. The third-order valence-corrected chi connectivity index (χ3v) is 6.13. The third kappa shape index (κ3) is 4.47. The molecule has 2 aromatic carbocycles. The van der Waals surface area contributed by atoms with Crippen LogP contribution < -0.4 is 15.8 Å². The summed E-state index contributed by atoms with van der Waals surface area (Å²) in [5, 5.41) is 2.81. The standard InChI is InChI=1S/C19H23N3O4S/c20-14-19(9-11-26-12-10-19)18(23)21-16-7-4-8-17(13-16)27(24,25)22-15-5-2-1-3-6-15/h1-8,13,22H,9-12,14,20H2,(H,21,23). The van der Waals surface area contributed by atoms with Crippen molar-refractivity contribution in [2.24, 2.45) is 11.1 Å². The molecule has 1 aliphatic heterocycles. The van der Waals surface area contributed by atoms with E-state index in [9.17, 15) is 13.2 Å². The first-order valence-electron chi connectivity index (χ1n) is 8.72. The monoisotopic (exact) mass is 389 g/mol. The van der Waals surface area contributed by atoms with E-state index in [1.807, 2.05) is 0 Å². The molecule has 0 aliphatic carbocycles. The molecular weight excluding hydrogens is 366 g/mol. The molecule has 1 saturated heterocycles. The summed E-state index contributed by atoms with van der Waals surface area (Å²) in [6, 6.07) is 14.8. The number of para-hydroxylation sites is 1. The molecule has 0 atom stereocenters. The Balaban J connectivity index is 1.78. The maximum Gasteiger partial charge on any atom is 0.261 e. The fraction of sp³-hybridized carbons (Fsp3) is 0.316. The summed E-state index contributed by atoms with van der Waals surface area (Å²) >= 11 is 0. The van der Waals surface area contributed by atoms with Crippen molar-refractivity contribution in [2.75, 3.05) is 29.8 Å². The van der Waals surface area contributed by atoms with Gasteiger partial charge in [-0.2, -0.15) is 0 Å². The summed E-state index contributed by atoms with van der Waals surface area (Å²) in [7, 11) is -3.76. The van der Waals surface area contributed by atoms with Gasteiger partial charge in [0, 0.05) is 31.1 Å². The minimum absolute atomic E-state index is 0.0675. The number of benzene rings is 2. The van der Waals surface area contributed by atoms with E-state index in [-0.39, 0.29) is 17.3 Å². The van der Waals surface area contributed by atoms with Gasteiger partial charge in [0.05, 0.1) is 10.3 Å². The lowest BCUT2D eigenvalue weighted by molar-refractivity contribution is -0.130. The minimum atomic E-state index is -3.76. The normalized spacial score (nSPS) is 16.5. The summed E-state index contributed by atoms with van der Waals surface area (Å²) < 4.78 is 33.0. The SMILES string of the molecule is NCC1(C(=O)Nc2cccc(S(=O)(=O)Nc3ccccc3)c2)CCOCC1. The second-order valence-corrected chi connectivity index (χ2v) is 8.23. The molecule has 2 aromatic rings. The average Bonchev–Trinajstić information content (AvgIpc) is 2.69. The molecule has 0 aromatic heterocycles. The molecule has 1 aliphatic rings. The van der Waals surface area contributed by atoms with Crippen molar-refractivity contribution < 1.29 is 17.9 Å². The number of hydrogen-bond donors (Lipinski definition) is 3. The van der Waals surface area contributed by atoms with E-state index in [1.54, 1.807) is 42.5 Å². The second kappa shape index (κ2) is 8.08. The highest BCUT2D eigenvalue weighted by Gasteiger charge is 2.38. The fourth-order valence-corrected chi connectivity index (χ4v) is 4.12. The number of amides is 1. The fourth-order valence-electron chi connectivity index (χ4n) is 3.01. The summed E-state index contributed by atoms with van der Waals surface area (Å²) in [5.41, 5.74) is 6.05. The maximum absolute atomic E-state index is 12.8. The largest absolute Gasteiger partial charge is 0.381 e. The molecule has 1 fully saturated rings. The van der Waals surface area contributed by atoms with Crippen molar-refractivity contribution in [3.05, 3.63) is 54.6 Å². The van der Waals surface area contributed by atoms with Gasteiger partial charge in [0.15, 0.2) is 0 Å². The molecule has 0 unspecified atom stereocenters.